The maximum atomic E-state index is 13.7. The predicted octanol–water partition coefficient (Wildman–Crippen LogP) is 7.68. The fraction of sp³-hybridized carbons (Fsp3) is 0.196. The summed E-state index contributed by atoms with van der Waals surface area (Å²) in [4.78, 5) is 13.7. The van der Waals surface area contributed by atoms with E-state index in [0.29, 0.717) is 5.56 Å². The maximum absolute atomic E-state index is 13.7. The number of nitrogens with one attached hydrogen (secondary N) is 1. The Balaban J connectivity index is 1.22. The lowest BCUT2D eigenvalue weighted by atomic mass is 9.80. The predicted molar refractivity (Wildman–Crippen MR) is 204 cm³/mol. The van der Waals surface area contributed by atoms with Crippen LogP contribution in [-0.4, -0.2) is 48.3 Å². The van der Waals surface area contributed by atoms with Gasteiger partial charge in [0.25, 0.3) is 5.91 Å². The molecule has 2 N–H and O–H groups in total. The third-order valence-electron chi connectivity index (χ3n) is 9.53. The number of benzene rings is 6. The highest BCUT2D eigenvalue weighted by molar-refractivity contribution is 5.94. The Morgan fingerprint density at radius 1 is 0.604 bits per heavy atom. The molecule has 7 heteroatoms. The molecule has 1 unspecified atom stereocenters. The zero-order valence-electron chi connectivity index (χ0n) is 29.3. The molecular formula is C46H43NO6. The number of aliphatic hydroxyl groups is 1. The molecule has 0 aliphatic carbocycles. The van der Waals surface area contributed by atoms with Gasteiger partial charge >= 0.3 is 0 Å². The lowest BCUT2D eigenvalue weighted by Gasteiger charge is -2.37. The molecule has 1 fully saturated rings. The first-order valence-corrected chi connectivity index (χ1v) is 17.9. The van der Waals surface area contributed by atoms with Crippen LogP contribution in [-0.2, 0) is 37.8 Å². The standard InChI is InChI=1S/C46H43NO6/c48-40(33-52-46(37-25-13-4-14-26-37,38-27-15-5-16-28-38)39-29-17-6-18-30-39)42-43(50-31-34-19-7-1-8-20-34)41(47-44(49)36-23-11-3-12-24-36)45(53-42)51-32-35-21-9-2-10-22-35/h1-30,40-43,45,48H,31-33H2,(H,47,49)/t40-,41-,42-,43-,45?/m1/s1. The number of hydrogen-bond acceptors (Lipinski definition) is 6. The van der Waals surface area contributed by atoms with Crippen molar-refractivity contribution >= 4 is 5.91 Å². The maximum Gasteiger partial charge on any atom is 0.251 e. The van der Waals surface area contributed by atoms with Crippen LogP contribution in [0.2, 0.25) is 0 Å². The molecule has 1 saturated heterocycles. The molecule has 5 atom stereocenters. The molecule has 0 spiro atoms. The van der Waals surface area contributed by atoms with Crippen molar-refractivity contribution in [3.05, 3.63) is 215 Å². The SMILES string of the molecule is O=C(N[C@H]1C(OCc2ccccc2)O[C@H]([C@H](O)COC(c2ccccc2)(c2ccccc2)c2ccccc2)[C@@H]1OCc1ccccc1)c1ccccc1. The highest BCUT2D eigenvalue weighted by Gasteiger charge is 2.51. The van der Waals surface area contributed by atoms with E-state index in [9.17, 15) is 9.90 Å². The number of hydrogen-bond donors (Lipinski definition) is 2. The fourth-order valence-corrected chi connectivity index (χ4v) is 6.89. The van der Waals surface area contributed by atoms with Crippen molar-refractivity contribution in [3.63, 3.8) is 0 Å². The van der Waals surface area contributed by atoms with Crippen molar-refractivity contribution in [1.82, 2.24) is 5.32 Å². The minimum Gasteiger partial charge on any atom is -0.388 e. The summed E-state index contributed by atoms with van der Waals surface area (Å²) >= 11 is 0. The van der Waals surface area contributed by atoms with E-state index >= 15 is 0 Å². The van der Waals surface area contributed by atoms with Gasteiger partial charge in [-0.1, -0.05) is 170 Å². The van der Waals surface area contributed by atoms with Gasteiger partial charge in [-0.05, 0) is 39.9 Å². The van der Waals surface area contributed by atoms with Crippen LogP contribution in [0.5, 0.6) is 0 Å². The molecule has 7 nitrogen and oxygen atoms in total. The first-order valence-electron chi connectivity index (χ1n) is 17.9. The van der Waals surface area contributed by atoms with Gasteiger partial charge in [-0.15, -0.1) is 0 Å². The number of amides is 1. The number of ether oxygens (including phenoxy) is 4. The van der Waals surface area contributed by atoms with Crippen molar-refractivity contribution in [3.8, 4) is 0 Å². The molecular weight excluding hydrogens is 663 g/mol. The molecule has 0 radical (unpaired) electrons. The highest BCUT2D eigenvalue weighted by Crippen LogP contribution is 2.41. The first kappa shape index (κ1) is 36.0. The van der Waals surface area contributed by atoms with E-state index in [1.807, 2.05) is 170 Å². The van der Waals surface area contributed by atoms with Crippen LogP contribution < -0.4 is 5.32 Å². The van der Waals surface area contributed by atoms with Crippen LogP contribution in [0, 0.1) is 0 Å². The summed E-state index contributed by atoms with van der Waals surface area (Å²) in [6.07, 6.45) is -3.86. The molecule has 6 aromatic rings. The van der Waals surface area contributed by atoms with Crippen molar-refractivity contribution in [1.29, 1.82) is 0 Å². The van der Waals surface area contributed by atoms with E-state index < -0.39 is 36.2 Å². The van der Waals surface area contributed by atoms with Crippen LogP contribution in [0.1, 0.15) is 38.2 Å². The second-order valence-electron chi connectivity index (χ2n) is 13.0. The summed E-state index contributed by atoms with van der Waals surface area (Å²) in [5.74, 6) is -0.302. The molecule has 7 rings (SSSR count). The van der Waals surface area contributed by atoms with Gasteiger partial charge in [0.1, 0.15) is 30.0 Å². The summed E-state index contributed by atoms with van der Waals surface area (Å²) in [7, 11) is 0. The van der Waals surface area contributed by atoms with Crippen LogP contribution in [0.25, 0.3) is 0 Å². The topological polar surface area (TPSA) is 86.3 Å². The van der Waals surface area contributed by atoms with E-state index in [-0.39, 0.29) is 25.7 Å². The Morgan fingerprint density at radius 3 is 1.49 bits per heavy atom. The van der Waals surface area contributed by atoms with Gasteiger partial charge in [-0.25, -0.2) is 0 Å². The zero-order chi connectivity index (χ0) is 36.3. The summed E-state index contributed by atoms with van der Waals surface area (Å²) in [5.41, 5.74) is 4.03. The van der Waals surface area contributed by atoms with Crippen molar-refractivity contribution in [2.24, 2.45) is 0 Å². The molecule has 0 aromatic heterocycles. The van der Waals surface area contributed by atoms with Crippen molar-refractivity contribution < 1.29 is 28.8 Å². The van der Waals surface area contributed by atoms with Gasteiger partial charge in [-0.3, -0.25) is 4.79 Å². The normalized spacial score (nSPS) is 19.0. The van der Waals surface area contributed by atoms with Gasteiger partial charge in [0, 0.05) is 5.56 Å². The second kappa shape index (κ2) is 17.4. The molecule has 1 aliphatic rings. The number of rotatable bonds is 15. The van der Waals surface area contributed by atoms with Gasteiger partial charge in [0.05, 0.1) is 19.8 Å². The monoisotopic (exact) mass is 705 g/mol. The second-order valence-corrected chi connectivity index (χ2v) is 13.0. The quantitative estimate of drug-likeness (QED) is 0.107. The average Bonchev–Trinajstić information content (AvgIpc) is 3.58. The summed E-state index contributed by atoms with van der Waals surface area (Å²) in [6, 6.07) is 57.8. The third-order valence-corrected chi connectivity index (χ3v) is 9.53. The molecule has 1 amide bonds. The van der Waals surface area contributed by atoms with Gasteiger partial charge in [0.15, 0.2) is 6.29 Å². The van der Waals surface area contributed by atoms with Crippen LogP contribution in [0.4, 0.5) is 0 Å². The van der Waals surface area contributed by atoms with Crippen LogP contribution in [0.3, 0.4) is 0 Å². The average molecular weight is 706 g/mol. The smallest absolute Gasteiger partial charge is 0.251 e. The van der Waals surface area contributed by atoms with Crippen LogP contribution in [0.15, 0.2) is 182 Å². The van der Waals surface area contributed by atoms with E-state index in [1.54, 1.807) is 12.1 Å². The summed E-state index contributed by atoms with van der Waals surface area (Å²) < 4.78 is 26.6. The van der Waals surface area contributed by atoms with Gasteiger partial charge in [-0.2, -0.15) is 0 Å². The molecule has 1 heterocycles. The van der Waals surface area contributed by atoms with E-state index in [4.69, 9.17) is 18.9 Å². The first-order chi connectivity index (χ1) is 26.1. The Kier molecular flexibility index (Phi) is 11.8. The molecule has 268 valence electrons. The van der Waals surface area contributed by atoms with E-state index in [2.05, 4.69) is 5.32 Å². The highest BCUT2D eigenvalue weighted by atomic mass is 16.7. The van der Waals surface area contributed by atoms with E-state index in [1.165, 1.54) is 0 Å². The van der Waals surface area contributed by atoms with Crippen molar-refractivity contribution in [2.45, 2.75) is 49.5 Å². The fourth-order valence-electron chi connectivity index (χ4n) is 6.89. The Morgan fingerprint density at radius 2 is 1.02 bits per heavy atom. The Hall–Kier alpha value is -5.41. The molecule has 0 saturated carbocycles. The van der Waals surface area contributed by atoms with E-state index in [0.717, 1.165) is 27.8 Å². The van der Waals surface area contributed by atoms with Gasteiger partial charge < -0.3 is 29.4 Å². The number of carbonyl (C=O) groups excluding carboxylic acids is 1. The minimum atomic E-state index is -1.19. The summed E-state index contributed by atoms with van der Waals surface area (Å²) in [5, 5.41) is 15.3. The Labute approximate surface area is 310 Å². The lowest BCUT2D eigenvalue weighted by molar-refractivity contribution is -0.180. The number of carbonyl (C=O) groups is 1. The molecule has 6 aromatic carbocycles. The summed E-state index contributed by atoms with van der Waals surface area (Å²) in [6.45, 7) is 0.330. The van der Waals surface area contributed by atoms with Gasteiger partial charge in [0.2, 0.25) is 0 Å². The zero-order valence-corrected chi connectivity index (χ0v) is 29.3. The van der Waals surface area contributed by atoms with Crippen LogP contribution >= 0.6 is 0 Å². The Bertz CT molecular complexity index is 1880. The third kappa shape index (κ3) is 8.47. The molecule has 53 heavy (non-hydrogen) atoms. The van der Waals surface area contributed by atoms with Crippen molar-refractivity contribution in [2.75, 3.05) is 6.61 Å². The number of aliphatic hydroxyl groups excluding tert-OH is 1. The largest absolute Gasteiger partial charge is 0.388 e. The lowest BCUT2D eigenvalue weighted by Crippen LogP contribution is -2.51. The molecule has 1 aliphatic heterocycles. The molecule has 0 bridgehead atoms. The minimum absolute atomic E-state index is 0.126.